The number of rotatable bonds is 9. The molecule has 0 aliphatic heterocycles. The molecule has 1 heterocycles. The normalized spacial score (nSPS) is 12.9. The standard InChI is InChI=1S/C19H20N4O10S3/c1-12-3-8-16(17(11-12)35(27,28)29)20-21-18-13(2)22-23(19(18)24)14-4-6-15(7-5-14)34(25,26)10-9-33-36(30,31)32/h3-8,11,22H,9-10H2,1-2H3,(H,27,28,29)(H,30,31,32). The molecule has 0 spiro atoms. The second kappa shape index (κ2) is 10.0. The van der Waals surface area contributed by atoms with Gasteiger partial charge in [-0.15, -0.1) is 10.2 Å². The maximum absolute atomic E-state index is 12.9. The largest absolute Gasteiger partial charge is 0.397 e. The number of benzene rings is 2. The van der Waals surface area contributed by atoms with Crippen molar-refractivity contribution in [3.05, 3.63) is 64.1 Å². The zero-order valence-electron chi connectivity index (χ0n) is 18.7. The van der Waals surface area contributed by atoms with Crippen LogP contribution >= 0.6 is 0 Å². The van der Waals surface area contributed by atoms with Gasteiger partial charge >= 0.3 is 10.4 Å². The minimum absolute atomic E-state index is 0.157. The summed E-state index contributed by atoms with van der Waals surface area (Å²) in [4.78, 5) is 12.2. The number of sulfone groups is 1. The first kappa shape index (κ1) is 27.4. The van der Waals surface area contributed by atoms with Crippen molar-refractivity contribution < 1.29 is 38.5 Å². The Balaban J connectivity index is 1.89. The van der Waals surface area contributed by atoms with Crippen LogP contribution in [0.1, 0.15) is 11.3 Å². The lowest BCUT2D eigenvalue weighted by Crippen LogP contribution is -2.16. The van der Waals surface area contributed by atoms with E-state index in [2.05, 4.69) is 19.5 Å². The number of aromatic nitrogens is 2. The summed E-state index contributed by atoms with van der Waals surface area (Å²) in [6, 6.07) is 9.07. The molecule has 0 bridgehead atoms. The molecule has 3 N–H and O–H groups in total. The Kier molecular flexibility index (Phi) is 7.63. The van der Waals surface area contributed by atoms with Crippen molar-refractivity contribution in [2.75, 3.05) is 12.4 Å². The van der Waals surface area contributed by atoms with Crippen LogP contribution in [-0.2, 0) is 34.5 Å². The number of aromatic amines is 1. The molecule has 3 aromatic rings. The molecule has 0 saturated carbocycles. The van der Waals surface area contributed by atoms with Gasteiger partial charge in [0.1, 0.15) is 10.6 Å². The van der Waals surface area contributed by atoms with Crippen LogP contribution < -0.4 is 5.56 Å². The number of hydrogen-bond acceptors (Lipinski definition) is 10. The van der Waals surface area contributed by atoms with Crippen molar-refractivity contribution in [1.82, 2.24) is 9.78 Å². The van der Waals surface area contributed by atoms with Crippen molar-refractivity contribution in [3.63, 3.8) is 0 Å². The first-order valence-corrected chi connectivity index (χ1v) is 14.3. The van der Waals surface area contributed by atoms with Crippen molar-refractivity contribution in [1.29, 1.82) is 0 Å². The Hall–Kier alpha value is -3.22. The van der Waals surface area contributed by atoms with Crippen LogP contribution in [0, 0.1) is 13.8 Å². The topological polar surface area (TPSA) is 215 Å². The highest BCUT2D eigenvalue weighted by molar-refractivity contribution is 7.91. The van der Waals surface area contributed by atoms with Gasteiger partial charge in [-0.1, -0.05) is 6.07 Å². The lowest BCUT2D eigenvalue weighted by Gasteiger charge is -2.06. The van der Waals surface area contributed by atoms with Gasteiger partial charge < -0.3 is 0 Å². The molecule has 2 aromatic carbocycles. The fourth-order valence-corrected chi connectivity index (χ4v) is 5.22. The highest BCUT2D eigenvalue weighted by Crippen LogP contribution is 2.27. The van der Waals surface area contributed by atoms with E-state index in [0.29, 0.717) is 5.56 Å². The van der Waals surface area contributed by atoms with Gasteiger partial charge in [-0.2, -0.15) is 16.8 Å². The zero-order chi connectivity index (χ0) is 26.9. The monoisotopic (exact) mass is 560 g/mol. The Morgan fingerprint density at radius 2 is 1.58 bits per heavy atom. The first-order valence-electron chi connectivity index (χ1n) is 9.85. The van der Waals surface area contributed by atoms with E-state index in [1.807, 2.05) is 0 Å². The lowest BCUT2D eigenvalue weighted by molar-refractivity contribution is 0.284. The smallest absolute Gasteiger partial charge is 0.293 e. The maximum Gasteiger partial charge on any atom is 0.397 e. The molecule has 0 aliphatic carbocycles. The molecule has 1 aromatic heterocycles. The van der Waals surface area contributed by atoms with Crippen LogP contribution in [0.2, 0.25) is 0 Å². The molecule has 0 saturated heterocycles. The third kappa shape index (κ3) is 6.50. The fourth-order valence-electron chi connectivity index (χ4n) is 3.02. The highest BCUT2D eigenvalue weighted by atomic mass is 32.3. The van der Waals surface area contributed by atoms with Gasteiger partial charge in [-0.25, -0.2) is 17.3 Å². The summed E-state index contributed by atoms with van der Waals surface area (Å²) in [7, 11) is -13.3. The molecule has 0 fully saturated rings. The Labute approximate surface area is 205 Å². The summed E-state index contributed by atoms with van der Waals surface area (Å²) in [5, 5.41) is 10.4. The highest BCUT2D eigenvalue weighted by Gasteiger charge is 2.19. The van der Waals surface area contributed by atoms with Crippen molar-refractivity contribution in [3.8, 4) is 5.69 Å². The maximum atomic E-state index is 12.9. The molecule has 3 rings (SSSR count). The molecule has 0 aliphatic rings. The average molecular weight is 561 g/mol. The number of H-pyrrole nitrogens is 1. The van der Waals surface area contributed by atoms with Gasteiger partial charge in [0.15, 0.2) is 15.5 Å². The summed E-state index contributed by atoms with van der Waals surface area (Å²) in [6.07, 6.45) is 0. The number of nitrogens with zero attached hydrogens (tertiary/aromatic N) is 3. The van der Waals surface area contributed by atoms with E-state index in [-0.39, 0.29) is 27.7 Å². The minimum Gasteiger partial charge on any atom is -0.293 e. The van der Waals surface area contributed by atoms with Gasteiger partial charge in [0.05, 0.1) is 28.6 Å². The van der Waals surface area contributed by atoms with Crippen molar-refractivity contribution >= 4 is 41.7 Å². The van der Waals surface area contributed by atoms with E-state index in [4.69, 9.17) is 4.55 Å². The molecular weight excluding hydrogens is 540 g/mol. The van der Waals surface area contributed by atoms with Gasteiger partial charge in [-0.3, -0.25) is 19.0 Å². The predicted octanol–water partition coefficient (Wildman–Crippen LogP) is 2.04. The van der Waals surface area contributed by atoms with Crippen LogP contribution in [0.5, 0.6) is 0 Å². The summed E-state index contributed by atoms with van der Waals surface area (Å²) >= 11 is 0. The zero-order valence-corrected chi connectivity index (χ0v) is 21.1. The van der Waals surface area contributed by atoms with Crippen molar-refractivity contribution in [2.45, 2.75) is 23.6 Å². The molecule has 0 radical (unpaired) electrons. The molecule has 194 valence electrons. The van der Waals surface area contributed by atoms with E-state index in [9.17, 15) is 34.6 Å². The Bertz CT molecular complexity index is 1700. The average Bonchev–Trinajstić information content (AvgIpc) is 3.04. The van der Waals surface area contributed by atoms with Crippen LogP contribution in [-0.4, -0.2) is 56.5 Å². The summed E-state index contributed by atoms with van der Waals surface area (Å²) in [5.74, 6) is -0.719. The van der Waals surface area contributed by atoms with E-state index >= 15 is 0 Å². The quantitative estimate of drug-likeness (QED) is 0.256. The third-order valence-corrected chi connectivity index (χ3v) is 7.77. The Morgan fingerprint density at radius 1 is 0.944 bits per heavy atom. The van der Waals surface area contributed by atoms with Gasteiger partial charge in [0.25, 0.3) is 15.7 Å². The summed E-state index contributed by atoms with van der Waals surface area (Å²) < 4.78 is 92.1. The van der Waals surface area contributed by atoms with Gasteiger partial charge in [0, 0.05) is 0 Å². The SMILES string of the molecule is Cc1ccc(N=Nc2c(C)[nH]n(-c3ccc(S(=O)(=O)CCOS(=O)(=O)O)cc3)c2=O)c(S(=O)(=O)O)c1. The predicted molar refractivity (Wildman–Crippen MR) is 126 cm³/mol. The molecular formula is C19H20N4O10S3. The van der Waals surface area contributed by atoms with Crippen LogP contribution in [0.15, 0.2) is 67.3 Å². The van der Waals surface area contributed by atoms with Crippen molar-refractivity contribution in [2.24, 2.45) is 10.2 Å². The molecule has 36 heavy (non-hydrogen) atoms. The molecule has 0 amide bonds. The molecule has 0 unspecified atom stereocenters. The van der Waals surface area contributed by atoms with E-state index in [1.54, 1.807) is 13.0 Å². The number of nitrogens with one attached hydrogen (secondary N) is 1. The number of azo groups is 1. The van der Waals surface area contributed by atoms with Crippen LogP contribution in [0.4, 0.5) is 11.4 Å². The second-order valence-corrected chi connectivity index (χ2v) is 12.0. The second-order valence-electron chi connectivity index (χ2n) is 7.43. The molecule has 17 heteroatoms. The first-order chi connectivity index (χ1) is 16.6. The summed E-state index contributed by atoms with van der Waals surface area (Å²) in [6.45, 7) is 2.35. The lowest BCUT2D eigenvalue weighted by atomic mass is 10.2. The number of hydrogen-bond donors (Lipinski definition) is 3. The summed E-state index contributed by atoms with van der Waals surface area (Å²) in [5.41, 5.74) is 0.0418. The van der Waals surface area contributed by atoms with Gasteiger partial charge in [0.2, 0.25) is 0 Å². The molecule has 14 nitrogen and oxygen atoms in total. The van der Waals surface area contributed by atoms with E-state index in [1.165, 1.54) is 43.3 Å². The Morgan fingerprint density at radius 3 is 2.17 bits per heavy atom. The van der Waals surface area contributed by atoms with E-state index in [0.717, 1.165) is 4.68 Å². The van der Waals surface area contributed by atoms with Gasteiger partial charge in [-0.05, 0) is 55.8 Å². The minimum atomic E-state index is -4.78. The van der Waals surface area contributed by atoms with Crippen LogP contribution in [0.25, 0.3) is 5.69 Å². The fraction of sp³-hybridized carbons (Fsp3) is 0.211. The van der Waals surface area contributed by atoms with Crippen LogP contribution in [0.3, 0.4) is 0 Å². The molecule has 0 atom stereocenters. The van der Waals surface area contributed by atoms with E-state index < -0.39 is 53.2 Å². The number of aryl methyl sites for hydroxylation is 2. The third-order valence-electron chi connectivity index (χ3n) is 4.73.